The standard InChI is InChI=1S/C15H18N4O3/c20-13(21)9-16-15(22)19-7-5-10(6-8-19)14-17-11-3-1-2-4-12(11)18-14/h1-4,10H,5-9H2,(H,16,22)(H,17,18)(H,20,21). The molecule has 1 aromatic heterocycles. The zero-order chi connectivity index (χ0) is 15.5. The molecule has 1 aliphatic rings. The number of piperidine rings is 1. The smallest absolute Gasteiger partial charge is 0.323 e. The number of carboxylic acid groups (broad SMARTS) is 1. The molecule has 2 heterocycles. The third kappa shape index (κ3) is 3.03. The molecule has 0 aliphatic carbocycles. The number of carbonyl (C=O) groups is 2. The number of para-hydroxylation sites is 2. The van der Waals surface area contributed by atoms with Crippen molar-refractivity contribution in [2.45, 2.75) is 18.8 Å². The lowest BCUT2D eigenvalue weighted by atomic mass is 9.96. The van der Waals surface area contributed by atoms with Crippen LogP contribution in [-0.4, -0.2) is 51.6 Å². The van der Waals surface area contributed by atoms with Gasteiger partial charge in [0.25, 0.3) is 0 Å². The maximum Gasteiger partial charge on any atom is 0.323 e. The third-order valence-corrected chi connectivity index (χ3v) is 3.97. The van der Waals surface area contributed by atoms with Crippen molar-refractivity contribution in [3.8, 4) is 0 Å². The second kappa shape index (κ2) is 6.05. The summed E-state index contributed by atoms with van der Waals surface area (Å²) in [5, 5.41) is 11.0. The summed E-state index contributed by atoms with van der Waals surface area (Å²) < 4.78 is 0. The van der Waals surface area contributed by atoms with Crippen molar-refractivity contribution in [2.24, 2.45) is 0 Å². The molecular formula is C15H18N4O3. The Bertz CT molecular complexity index is 656. The molecule has 22 heavy (non-hydrogen) atoms. The molecule has 2 amide bonds. The first-order chi connectivity index (χ1) is 10.6. The van der Waals surface area contributed by atoms with Gasteiger partial charge in [-0.3, -0.25) is 4.79 Å². The first-order valence-corrected chi connectivity index (χ1v) is 7.32. The molecule has 3 rings (SSSR count). The fourth-order valence-electron chi connectivity index (χ4n) is 2.78. The van der Waals surface area contributed by atoms with Gasteiger partial charge >= 0.3 is 12.0 Å². The molecule has 1 saturated heterocycles. The van der Waals surface area contributed by atoms with Crippen molar-refractivity contribution >= 4 is 23.0 Å². The van der Waals surface area contributed by atoms with Gasteiger partial charge in [-0.15, -0.1) is 0 Å². The van der Waals surface area contributed by atoms with Crippen LogP contribution in [0.2, 0.25) is 0 Å². The summed E-state index contributed by atoms with van der Waals surface area (Å²) in [6.45, 7) is 0.864. The van der Waals surface area contributed by atoms with Crippen LogP contribution in [0.15, 0.2) is 24.3 Å². The minimum atomic E-state index is -1.04. The van der Waals surface area contributed by atoms with Gasteiger partial charge in [0.1, 0.15) is 12.4 Å². The highest BCUT2D eigenvalue weighted by Gasteiger charge is 2.25. The molecule has 0 bridgehead atoms. The predicted molar refractivity (Wildman–Crippen MR) is 80.7 cm³/mol. The van der Waals surface area contributed by atoms with Crippen LogP contribution in [-0.2, 0) is 4.79 Å². The second-order valence-corrected chi connectivity index (χ2v) is 5.45. The van der Waals surface area contributed by atoms with E-state index in [2.05, 4.69) is 15.3 Å². The van der Waals surface area contributed by atoms with E-state index in [9.17, 15) is 9.59 Å². The first-order valence-electron chi connectivity index (χ1n) is 7.32. The molecule has 0 radical (unpaired) electrons. The number of aromatic amines is 1. The van der Waals surface area contributed by atoms with E-state index in [-0.39, 0.29) is 12.6 Å². The van der Waals surface area contributed by atoms with E-state index in [1.54, 1.807) is 4.90 Å². The number of rotatable bonds is 3. The zero-order valence-corrected chi connectivity index (χ0v) is 12.1. The summed E-state index contributed by atoms with van der Waals surface area (Å²) in [5.41, 5.74) is 1.98. The molecular weight excluding hydrogens is 284 g/mol. The summed E-state index contributed by atoms with van der Waals surface area (Å²) in [6, 6.07) is 7.59. The molecule has 1 fully saturated rings. The number of nitrogens with one attached hydrogen (secondary N) is 2. The highest BCUT2D eigenvalue weighted by Crippen LogP contribution is 2.27. The topological polar surface area (TPSA) is 98.3 Å². The lowest BCUT2D eigenvalue weighted by Gasteiger charge is -2.31. The number of aliphatic carboxylic acids is 1. The second-order valence-electron chi connectivity index (χ2n) is 5.45. The molecule has 3 N–H and O–H groups in total. The lowest BCUT2D eigenvalue weighted by Crippen LogP contribution is -2.45. The number of hydrogen-bond donors (Lipinski definition) is 3. The number of benzene rings is 1. The fraction of sp³-hybridized carbons (Fsp3) is 0.400. The molecule has 0 spiro atoms. The van der Waals surface area contributed by atoms with Gasteiger partial charge in [0.05, 0.1) is 11.0 Å². The number of carbonyl (C=O) groups excluding carboxylic acids is 1. The largest absolute Gasteiger partial charge is 0.480 e. The lowest BCUT2D eigenvalue weighted by molar-refractivity contribution is -0.135. The normalized spacial score (nSPS) is 15.9. The first kappa shape index (κ1) is 14.4. The van der Waals surface area contributed by atoms with E-state index in [4.69, 9.17) is 5.11 Å². The van der Waals surface area contributed by atoms with Gasteiger partial charge in [0.15, 0.2) is 0 Å². The average Bonchev–Trinajstić information content (AvgIpc) is 2.96. The molecule has 0 unspecified atom stereocenters. The van der Waals surface area contributed by atoms with E-state index < -0.39 is 5.97 Å². The van der Waals surface area contributed by atoms with E-state index in [1.807, 2.05) is 24.3 Å². The molecule has 0 atom stereocenters. The number of carboxylic acids is 1. The maximum atomic E-state index is 11.8. The van der Waals surface area contributed by atoms with Crippen molar-refractivity contribution in [2.75, 3.05) is 19.6 Å². The van der Waals surface area contributed by atoms with Crippen LogP contribution in [0.1, 0.15) is 24.6 Å². The molecule has 0 saturated carbocycles. The van der Waals surface area contributed by atoms with Gasteiger partial charge in [-0.1, -0.05) is 12.1 Å². The van der Waals surface area contributed by atoms with Crippen LogP contribution in [0.5, 0.6) is 0 Å². The monoisotopic (exact) mass is 302 g/mol. The third-order valence-electron chi connectivity index (χ3n) is 3.97. The number of likely N-dealkylation sites (tertiary alicyclic amines) is 1. The Balaban J connectivity index is 1.59. The van der Waals surface area contributed by atoms with Gasteiger partial charge in [-0.25, -0.2) is 9.78 Å². The minimum Gasteiger partial charge on any atom is -0.480 e. The number of fused-ring (bicyclic) bond motifs is 1. The van der Waals surface area contributed by atoms with Gasteiger partial charge in [0, 0.05) is 19.0 Å². The Morgan fingerprint density at radius 1 is 1.32 bits per heavy atom. The van der Waals surface area contributed by atoms with Crippen LogP contribution >= 0.6 is 0 Å². The Labute approximate surface area is 127 Å². The van der Waals surface area contributed by atoms with Gasteiger partial charge < -0.3 is 20.3 Å². The Hall–Kier alpha value is -2.57. The van der Waals surface area contributed by atoms with Crippen molar-refractivity contribution in [3.63, 3.8) is 0 Å². The minimum absolute atomic E-state index is 0.302. The fourth-order valence-corrected chi connectivity index (χ4v) is 2.78. The summed E-state index contributed by atoms with van der Waals surface area (Å²) >= 11 is 0. The van der Waals surface area contributed by atoms with Crippen LogP contribution in [0.4, 0.5) is 4.79 Å². The van der Waals surface area contributed by atoms with Crippen LogP contribution in [0, 0.1) is 0 Å². The van der Waals surface area contributed by atoms with Crippen LogP contribution < -0.4 is 5.32 Å². The Morgan fingerprint density at radius 2 is 2.05 bits per heavy atom. The van der Waals surface area contributed by atoms with E-state index >= 15 is 0 Å². The average molecular weight is 302 g/mol. The summed E-state index contributed by atoms with van der Waals surface area (Å²) in [7, 11) is 0. The number of amides is 2. The quantitative estimate of drug-likeness (QED) is 0.801. The number of aromatic nitrogens is 2. The number of nitrogens with zero attached hydrogens (tertiary/aromatic N) is 2. The van der Waals surface area contributed by atoms with Crippen molar-refractivity contribution in [1.29, 1.82) is 0 Å². The molecule has 1 aromatic carbocycles. The van der Waals surface area contributed by atoms with E-state index in [1.165, 1.54) is 0 Å². The summed E-state index contributed by atoms with van der Waals surface area (Å²) in [5.74, 6) is 0.230. The highest BCUT2D eigenvalue weighted by atomic mass is 16.4. The van der Waals surface area contributed by atoms with Crippen molar-refractivity contribution < 1.29 is 14.7 Å². The SMILES string of the molecule is O=C(O)CNC(=O)N1CCC(c2nc3ccccc3[nH]2)CC1. The zero-order valence-electron chi connectivity index (χ0n) is 12.1. The predicted octanol–water partition coefficient (Wildman–Crippen LogP) is 1.54. The van der Waals surface area contributed by atoms with Crippen molar-refractivity contribution in [1.82, 2.24) is 20.2 Å². The number of hydrogen-bond acceptors (Lipinski definition) is 3. The maximum absolute atomic E-state index is 11.8. The number of imidazole rings is 1. The molecule has 7 nitrogen and oxygen atoms in total. The van der Waals surface area contributed by atoms with Crippen LogP contribution in [0.3, 0.4) is 0 Å². The Kier molecular flexibility index (Phi) is 3.95. The van der Waals surface area contributed by atoms with E-state index in [0.29, 0.717) is 19.0 Å². The summed E-state index contributed by atoms with van der Waals surface area (Å²) in [4.78, 5) is 31.9. The van der Waals surface area contributed by atoms with E-state index in [0.717, 1.165) is 29.7 Å². The molecule has 1 aliphatic heterocycles. The number of H-pyrrole nitrogens is 1. The highest BCUT2D eigenvalue weighted by molar-refractivity contribution is 5.80. The van der Waals surface area contributed by atoms with Gasteiger partial charge in [0.2, 0.25) is 0 Å². The molecule has 7 heteroatoms. The van der Waals surface area contributed by atoms with Crippen LogP contribution in [0.25, 0.3) is 11.0 Å². The summed E-state index contributed by atoms with van der Waals surface area (Å²) in [6.07, 6.45) is 1.64. The van der Waals surface area contributed by atoms with Gasteiger partial charge in [-0.2, -0.15) is 0 Å². The molecule has 2 aromatic rings. The number of urea groups is 1. The molecule has 116 valence electrons. The van der Waals surface area contributed by atoms with Gasteiger partial charge in [-0.05, 0) is 25.0 Å². The van der Waals surface area contributed by atoms with Crippen molar-refractivity contribution in [3.05, 3.63) is 30.1 Å². The Morgan fingerprint density at radius 3 is 2.73 bits per heavy atom.